The highest BCUT2D eigenvalue weighted by Gasteiger charge is 2.25. The molecule has 238 valence electrons. The minimum atomic E-state index is 0.912. The smallest absolute Gasteiger partial charge is 0.145 e. The Labute approximate surface area is 296 Å². The Kier molecular flexibility index (Phi) is 6.85. The van der Waals surface area contributed by atoms with Crippen LogP contribution in [0, 0.1) is 0 Å². The molecule has 0 atom stereocenters. The second kappa shape index (κ2) is 12.0. The van der Waals surface area contributed by atoms with Crippen molar-refractivity contribution in [3.05, 3.63) is 194 Å². The summed E-state index contributed by atoms with van der Waals surface area (Å²) in [5, 5.41) is 7.27. The minimum Gasteiger partial charge on any atom is -0.292 e. The molecule has 0 unspecified atom stereocenters. The van der Waals surface area contributed by atoms with Crippen LogP contribution < -0.4 is 0 Å². The highest BCUT2D eigenvalue weighted by Crippen LogP contribution is 2.46. The molecule has 0 N–H and O–H groups in total. The lowest BCUT2D eigenvalue weighted by Gasteiger charge is -2.18. The maximum atomic E-state index is 5.68. The second-order valence-electron chi connectivity index (χ2n) is 13.2. The molecular weight excluding hydrogens is 617 g/mol. The Hall–Kier alpha value is -6.77. The monoisotopic (exact) mass is 648 g/mol. The van der Waals surface area contributed by atoms with E-state index in [1.165, 1.54) is 54.6 Å². The van der Waals surface area contributed by atoms with Crippen LogP contribution in [0.5, 0.6) is 0 Å². The fraction of sp³-hybridized carbons (Fsp3) is 0. The zero-order chi connectivity index (χ0) is 33.7. The van der Waals surface area contributed by atoms with E-state index in [9.17, 15) is 0 Å². The molecule has 9 aromatic carbocycles. The summed E-state index contributed by atoms with van der Waals surface area (Å²) in [5.74, 6) is 0.912. The molecule has 0 saturated carbocycles. The summed E-state index contributed by atoms with van der Waals surface area (Å²) < 4.78 is 2.38. The average molecular weight is 649 g/mol. The van der Waals surface area contributed by atoms with Gasteiger partial charge < -0.3 is 0 Å². The third-order valence-electron chi connectivity index (χ3n) is 10.2. The number of hydrogen-bond acceptors (Lipinski definition) is 1. The van der Waals surface area contributed by atoms with Crippen molar-refractivity contribution in [3.8, 4) is 50.5 Å². The Morgan fingerprint density at radius 1 is 0.333 bits per heavy atom. The van der Waals surface area contributed by atoms with Gasteiger partial charge in [-0.2, -0.15) is 0 Å². The molecule has 0 amide bonds. The highest BCUT2D eigenvalue weighted by atomic mass is 15.1. The second-order valence-corrected chi connectivity index (χ2v) is 13.2. The van der Waals surface area contributed by atoms with Gasteiger partial charge in [0.2, 0.25) is 0 Å². The maximum Gasteiger partial charge on any atom is 0.145 e. The predicted molar refractivity (Wildman–Crippen MR) is 215 cm³/mol. The first-order valence-electron chi connectivity index (χ1n) is 17.5. The van der Waals surface area contributed by atoms with Crippen molar-refractivity contribution >= 4 is 43.4 Å². The van der Waals surface area contributed by atoms with Crippen LogP contribution in [0.1, 0.15) is 0 Å². The number of benzene rings is 9. The molecule has 10 rings (SSSR count). The lowest BCUT2D eigenvalue weighted by atomic mass is 9.89. The number of hydrogen-bond donors (Lipinski definition) is 0. The van der Waals surface area contributed by atoms with Gasteiger partial charge in [0, 0.05) is 22.4 Å². The summed E-state index contributed by atoms with van der Waals surface area (Å²) in [4.78, 5) is 5.68. The van der Waals surface area contributed by atoms with E-state index in [1.807, 2.05) is 0 Å². The van der Waals surface area contributed by atoms with E-state index >= 15 is 0 Å². The van der Waals surface area contributed by atoms with E-state index in [2.05, 4.69) is 199 Å². The van der Waals surface area contributed by atoms with Gasteiger partial charge in [0.15, 0.2) is 0 Å². The fourth-order valence-corrected chi connectivity index (χ4v) is 7.74. The van der Waals surface area contributed by atoms with Gasteiger partial charge in [-0.05, 0) is 78.8 Å². The van der Waals surface area contributed by atoms with Gasteiger partial charge in [0.1, 0.15) is 5.82 Å². The van der Waals surface area contributed by atoms with Crippen molar-refractivity contribution in [2.45, 2.75) is 0 Å². The number of para-hydroxylation sites is 1. The summed E-state index contributed by atoms with van der Waals surface area (Å²) >= 11 is 0. The Morgan fingerprint density at radius 3 is 1.41 bits per heavy atom. The van der Waals surface area contributed by atoms with Crippen molar-refractivity contribution in [1.29, 1.82) is 0 Å². The van der Waals surface area contributed by atoms with Crippen LogP contribution in [-0.4, -0.2) is 9.55 Å². The first kappa shape index (κ1) is 29.2. The van der Waals surface area contributed by atoms with Crippen LogP contribution in [0.2, 0.25) is 0 Å². The first-order valence-corrected chi connectivity index (χ1v) is 17.5. The average Bonchev–Trinajstić information content (AvgIpc) is 3.60. The van der Waals surface area contributed by atoms with E-state index in [0.717, 1.165) is 39.2 Å². The molecule has 0 saturated heterocycles. The standard InChI is InChI=1S/C49H32N2/c1-3-13-33(14-4-1)36-23-27-37(28-24-36)49-50-47-45(40-29-25-34-15-7-9-17-38(34)31-40)43-21-11-12-22-44(43)46(48(47)51(49)42-19-5-2-6-20-42)41-30-26-35-16-8-10-18-39(35)32-41/h1-32H. The zero-order valence-electron chi connectivity index (χ0n) is 27.9. The third kappa shape index (κ3) is 4.92. The SMILES string of the molecule is c1ccc(-c2ccc(-c3nc4c(-c5ccc6ccccc6c5)c5ccccc5c(-c5ccc6ccccc6c5)c4n3-c3ccccc3)cc2)cc1. The lowest BCUT2D eigenvalue weighted by Crippen LogP contribution is -1.99. The maximum absolute atomic E-state index is 5.68. The topological polar surface area (TPSA) is 17.8 Å². The van der Waals surface area contributed by atoms with Crippen LogP contribution in [0.15, 0.2) is 194 Å². The van der Waals surface area contributed by atoms with E-state index in [1.54, 1.807) is 0 Å². The molecular formula is C49H32N2. The van der Waals surface area contributed by atoms with Crippen LogP contribution in [0.4, 0.5) is 0 Å². The molecule has 0 aliphatic carbocycles. The van der Waals surface area contributed by atoms with Gasteiger partial charge in [-0.15, -0.1) is 0 Å². The highest BCUT2D eigenvalue weighted by molar-refractivity contribution is 6.21. The van der Waals surface area contributed by atoms with Gasteiger partial charge >= 0.3 is 0 Å². The van der Waals surface area contributed by atoms with E-state index in [-0.39, 0.29) is 0 Å². The summed E-state index contributed by atoms with van der Waals surface area (Å²) in [7, 11) is 0. The van der Waals surface area contributed by atoms with Crippen molar-refractivity contribution in [3.63, 3.8) is 0 Å². The molecule has 2 nitrogen and oxygen atoms in total. The molecule has 51 heavy (non-hydrogen) atoms. The number of imidazole rings is 1. The number of nitrogens with zero attached hydrogens (tertiary/aromatic N) is 2. The van der Waals surface area contributed by atoms with Crippen LogP contribution >= 0.6 is 0 Å². The Balaban J connectivity index is 1.36. The van der Waals surface area contributed by atoms with Crippen molar-refractivity contribution < 1.29 is 0 Å². The zero-order valence-corrected chi connectivity index (χ0v) is 27.9. The van der Waals surface area contributed by atoms with E-state index in [4.69, 9.17) is 4.98 Å². The quantitative estimate of drug-likeness (QED) is 0.182. The van der Waals surface area contributed by atoms with Gasteiger partial charge in [0.05, 0.1) is 11.0 Å². The number of rotatable bonds is 5. The van der Waals surface area contributed by atoms with Crippen LogP contribution in [-0.2, 0) is 0 Å². The summed E-state index contributed by atoms with van der Waals surface area (Å²) in [6.07, 6.45) is 0. The molecule has 2 heteroatoms. The normalized spacial score (nSPS) is 11.5. The van der Waals surface area contributed by atoms with Crippen LogP contribution in [0.3, 0.4) is 0 Å². The molecule has 0 aliphatic rings. The van der Waals surface area contributed by atoms with Crippen molar-refractivity contribution in [2.75, 3.05) is 0 Å². The van der Waals surface area contributed by atoms with E-state index in [0.29, 0.717) is 0 Å². The summed E-state index contributed by atoms with van der Waals surface area (Å²) in [5.41, 5.74) is 11.2. The van der Waals surface area contributed by atoms with E-state index < -0.39 is 0 Å². The lowest BCUT2D eigenvalue weighted by molar-refractivity contribution is 1.10. The molecule has 0 spiro atoms. The Bertz CT molecular complexity index is 2880. The number of fused-ring (bicyclic) bond motifs is 4. The molecule has 0 bridgehead atoms. The van der Waals surface area contributed by atoms with Crippen molar-refractivity contribution in [1.82, 2.24) is 9.55 Å². The summed E-state index contributed by atoms with van der Waals surface area (Å²) in [6.45, 7) is 0. The fourth-order valence-electron chi connectivity index (χ4n) is 7.74. The van der Waals surface area contributed by atoms with Gasteiger partial charge in [-0.25, -0.2) is 4.98 Å². The number of aromatic nitrogens is 2. The largest absolute Gasteiger partial charge is 0.292 e. The minimum absolute atomic E-state index is 0.912. The Morgan fingerprint density at radius 2 is 0.784 bits per heavy atom. The molecule has 1 heterocycles. The summed E-state index contributed by atoms with van der Waals surface area (Å²) in [6, 6.07) is 69.8. The molecule has 0 fully saturated rings. The molecule has 0 aliphatic heterocycles. The molecule has 1 aromatic heterocycles. The van der Waals surface area contributed by atoms with Gasteiger partial charge in [-0.1, -0.05) is 170 Å². The molecule has 10 aromatic rings. The van der Waals surface area contributed by atoms with Crippen molar-refractivity contribution in [2.24, 2.45) is 0 Å². The van der Waals surface area contributed by atoms with Crippen LogP contribution in [0.25, 0.3) is 93.8 Å². The van der Waals surface area contributed by atoms with Gasteiger partial charge in [0.25, 0.3) is 0 Å². The third-order valence-corrected chi connectivity index (χ3v) is 10.2. The molecule has 0 radical (unpaired) electrons. The van der Waals surface area contributed by atoms with Gasteiger partial charge in [-0.3, -0.25) is 4.57 Å². The first-order chi connectivity index (χ1) is 25.3. The predicted octanol–water partition coefficient (Wildman–Crippen LogP) is 13.2.